The van der Waals surface area contributed by atoms with Crippen LogP contribution in [0.2, 0.25) is 0 Å². The summed E-state index contributed by atoms with van der Waals surface area (Å²) in [6.45, 7) is -0.424. The van der Waals surface area contributed by atoms with Gasteiger partial charge in [0.05, 0.1) is 27.8 Å². The topological polar surface area (TPSA) is 71.1 Å². The molecule has 0 N–H and O–H groups in total. The van der Waals surface area contributed by atoms with Gasteiger partial charge in [0.1, 0.15) is 0 Å². The number of methoxy groups -OCH3 is 3. The molecule has 0 radical (unpaired) electrons. The van der Waals surface area contributed by atoms with Gasteiger partial charge in [0.2, 0.25) is 0 Å². The fourth-order valence-corrected chi connectivity index (χ4v) is 2.28. The molecule has 2 aromatic rings. The van der Waals surface area contributed by atoms with E-state index in [1.165, 1.54) is 39.5 Å². The fourth-order valence-electron chi connectivity index (χ4n) is 2.28. The lowest BCUT2D eigenvalue weighted by molar-refractivity contribution is -0.141. The van der Waals surface area contributed by atoms with Crippen molar-refractivity contribution >= 4 is 11.8 Å². The SMILES string of the molecule is COc1ccc(CC(=O)OCC(=O)c2ccc(OC)c(OC)c2)cc1F. The summed E-state index contributed by atoms with van der Waals surface area (Å²) in [5.74, 6) is -0.616. The summed E-state index contributed by atoms with van der Waals surface area (Å²) in [5, 5.41) is 0. The van der Waals surface area contributed by atoms with E-state index in [0.29, 0.717) is 22.6 Å². The van der Waals surface area contributed by atoms with Crippen molar-refractivity contribution in [3.05, 3.63) is 53.3 Å². The molecule has 0 aliphatic carbocycles. The molecule has 2 aromatic carbocycles. The maximum Gasteiger partial charge on any atom is 0.310 e. The van der Waals surface area contributed by atoms with Crippen LogP contribution >= 0.6 is 0 Å². The van der Waals surface area contributed by atoms with Crippen LogP contribution in [0.1, 0.15) is 15.9 Å². The molecule has 26 heavy (non-hydrogen) atoms. The van der Waals surface area contributed by atoms with Gasteiger partial charge >= 0.3 is 5.97 Å². The first-order valence-electron chi connectivity index (χ1n) is 7.71. The van der Waals surface area contributed by atoms with Crippen LogP contribution in [0, 0.1) is 5.82 Å². The Morgan fingerprint density at radius 3 is 2.15 bits per heavy atom. The van der Waals surface area contributed by atoms with Gasteiger partial charge in [-0.15, -0.1) is 0 Å². The van der Waals surface area contributed by atoms with E-state index in [1.807, 2.05) is 0 Å². The van der Waals surface area contributed by atoms with Crippen molar-refractivity contribution in [1.29, 1.82) is 0 Å². The molecule has 0 aliphatic rings. The minimum atomic E-state index is -0.636. The van der Waals surface area contributed by atoms with Crippen molar-refractivity contribution in [3.8, 4) is 17.2 Å². The number of halogens is 1. The average Bonchev–Trinajstić information content (AvgIpc) is 2.65. The molecule has 0 bridgehead atoms. The van der Waals surface area contributed by atoms with E-state index in [4.69, 9.17) is 18.9 Å². The lowest BCUT2D eigenvalue weighted by atomic mass is 10.1. The third kappa shape index (κ3) is 4.72. The Balaban J connectivity index is 1.94. The second-order valence-corrected chi connectivity index (χ2v) is 5.30. The number of hydrogen-bond donors (Lipinski definition) is 0. The third-order valence-electron chi connectivity index (χ3n) is 3.63. The number of carbonyl (C=O) groups is 2. The monoisotopic (exact) mass is 362 g/mol. The Labute approximate surface area is 150 Å². The molecule has 0 spiro atoms. The van der Waals surface area contributed by atoms with Gasteiger partial charge in [-0.1, -0.05) is 6.07 Å². The molecule has 6 nitrogen and oxygen atoms in total. The number of carbonyl (C=O) groups excluding carboxylic acids is 2. The Hall–Kier alpha value is -3.09. The number of esters is 1. The predicted molar refractivity (Wildman–Crippen MR) is 91.5 cm³/mol. The largest absolute Gasteiger partial charge is 0.494 e. The van der Waals surface area contributed by atoms with Crippen LogP contribution in [0.25, 0.3) is 0 Å². The fraction of sp³-hybridized carbons (Fsp3) is 0.263. The standard InChI is InChI=1S/C19H19FO6/c1-23-16-6-4-12(8-14(16)20)9-19(22)26-11-15(21)13-5-7-17(24-2)18(10-13)25-3/h4-8,10H,9,11H2,1-3H3. The molecule has 7 heteroatoms. The molecule has 0 aromatic heterocycles. The summed E-state index contributed by atoms with van der Waals surface area (Å²) < 4.78 is 33.6. The molecule has 0 amide bonds. The summed E-state index contributed by atoms with van der Waals surface area (Å²) in [5.41, 5.74) is 0.748. The van der Waals surface area contributed by atoms with E-state index in [-0.39, 0.29) is 18.0 Å². The van der Waals surface area contributed by atoms with Gasteiger partial charge in [-0.25, -0.2) is 4.39 Å². The summed E-state index contributed by atoms with van der Waals surface area (Å²) in [6.07, 6.45) is -0.153. The number of ketones is 1. The first-order chi connectivity index (χ1) is 12.5. The number of ether oxygens (including phenoxy) is 4. The van der Waals surface area contributed by atoms with Gasteiger partial charge in [0, 0.05) is 5.56 Å². The van der Waals surface area contributed by atoms with E-state index in [9.17, 15) is 14.0 Å². The molecule has 0 heterocycles. The van der Waals surface area contributed by atoms with E-state index < -0.39 is 18.4 Å². The van der Waals surface area contributed by atoms with Crippen LogP contribution in [-0.2, 0) is 16.0 Å². The lowest BCUT2D eigenvalue weighted by Crippen LogP contribution is -2.16. The number of hydrogen-bond acceptors (Lipinski definition) is 6. The van der Waals surface area contributed by atoms with Gasteiger partial charge in [0.15, 0.2) is 35.5 Å². The molecule has 0 aliphatic heterocycles. The van der Waals surface area contributed by atoms with Crippen LogP contribution in [-0.4, -0.2) is 39.7 Å². The van der Waals surface area contributed by atoms with E-state index in [2.05, 4.69) is 0 Å². The third-order valence-corrected chi connectivity index (χ3v) is 3.63. The molecule has 0 unspecified atom stereocenters. The Kier molecular flexibility index (Phi) is 6.54. The summed E-state index contributed by atoms with van der Waals surface area (Å²) >= 11 is 0. The lowest BCUT2D eigenvalue weighted by Gasteiger charge is -2.09. The first kappa shape index (κ1) is 19.2. The Bertz CT molecular complexity index is 803. The van der Waals surface area contributed by atoms with Crippen molar-refractivity contribution in [2.24, 2.45) is 0 Å². The van der Waals surface area contributed by atoms with E-state index >= 15 is 0 Å². The van der Waals surface area contributed by atoms with Gasteiger partial charge < -0.3 is 18.9 Å². The molecule has 0 atom stereocenters. The number of Topliss-reactive ketones (excluding diaryl/α,β-unsaturated/α-hetero) is 1. The molecular weight excluding hydrogens is 343 g/mol. The number of benzene rings is 2. The van der Waals surface area contributed by atoms with Gasteiger partial charge in [-0.05, 0) is 35.9 Å². The van der Waals surface area contributed by atoms with Gasteiger partial charge in [-0.2, -0.15) is 0 Å². The first-order valence-corrected chi connectivity index (χ1v) is 7.71. The maximum absolute atomic E-state index is 13.6. The van der Waals surface area contributed by atoms with Crippen LogP contribution < -0.4 is 14.2 Å². The zero-order valence-electron chi connectivity index (χ0n) is 14.7. The molecular formula is C19H19FO6. The van der Waals surface area contributed by atoms with E-state index in [0.717, 1.165) is 0 Å². The van der Waals surface area contributed by atoms with Crippen LogP contribution in [0.4, 0.5) is 4.39 Å². The average molecular weight is 362 g/mol. The molecule has 138 valence electrons. The Morgan fingerprint density at radius 1 is 0.885 bits per heavy atom. The molecule has 0 saturated carbocycles. The quantitative estimate of drug-likeness (QED) is 0.531. The Morgan fingerprint density at radius 2 is 1.54 bits per heavy atom. The van der Waals surface area contributed by atoms with Crippen molar-refractivity contribution in [2.45, 2.75) is 6.42 Å². The number of rotatable bonds is 8. The van der Waals surface area contributed by atoms with E-state index in [1.54, 1.807) is 18.2 Å². The second-order valence-electron chi connectivity index (χ2n) is 5.30. The highest BCUT2D eigenvalue weighted by Gasteiger charge is 2.14. The highest BCUT2D eigenvalue weighted by Crippen LogP contribution is 2.27. The zero-order chi connectivity index (χ0) is 19.1. The minimum Gasteiger partial charge on any atom is -0.494 e. The van der Waals surface area contributed by atoms with Gasteiger partial charge in [0.25, 0.3) is 0 Å². The van der Waals surface area contributed by atoms with Crippen molar-refractivity contribution in [2.75, 3.05) is 27.9 Å². The molecule has 0 saturated heterocycles. The maximum atomic E-state index is 13.6. The summed E-state index contributed by atoms with van der Waals surface area (Å²) in [7, 11) is 4.30. The normalized spacial score (nSPS) is 10.2. The smallest absolute Gasteiger partial charge is 0.310 e. The van der Waals surface area contributed by atoms with Crippen LogP contribution in [0.3, 0.4) is 0 Å². The summed E-state index contributed by atoms with van der Waals surface area (Å²) in [6, 6.07) is 8.82. The zero-order valence-corrected chi connectivity index (χ0v) is 14.7. The van der Waals surface area contributed by atoms with Crippen molar-refractivity contribution < 1.29 is 32.9 Å². The van der Waals surface area contributed by atoms with Crippen LogP contribution in [0.5, 0.6) is 17.2 Å². The minimum absolute atomic E-state index is 0.0887. The predicted octanol–water partition coefficient (Wildman–Crippen LogP) is 2.82. The van der Waals surface area contributed by atoms with Gasteiger partial charge in [-0.3, -0.25) is 9.59 Å². The van der Waals surface area contributed by atoms with Crippen LogP contribution in [0.15, 0.2) is 36.4 Å². The van der Waals surface area contributed by atoms with Crippen molar-refractivity contribution in [1.82, 2.24) is 0 Å². The highest BCUT2D eigenvalue weighted by molar-refractivity contribution is 5.98. The molecule has 0 fully saturated rings. The highest BCUT2D eigenvalue weighted by atomic mass is 19.1. The second kappa shape index (κ2) is 8.84. The summed E-state index contributed by atoms with van der Waals surface area (Å²) in [4.78, 5) is 24.0. The van der Waals surface area contributed by atoms with Crippen molar-refractivity contribution in [3.63, 3.8) is 0 Å². The molecule has 2 rings (SSSR count).